The third-order valence-electron chi connectivity index (χ3n) is 5.14. The average Bonchev–Trinajstić information content (AvgIpc) is 2.83. The number of halogens is 7. The molecular weight excluding hydrogens is 509 g/mol. The number of hydrogen-bond donors (Lipinski definition) is 2. The van der Waals surface area contributed by atoms with Crippen LogP contribution in [-0.2, 0) is 6.54 Å². The van der Waals surface area contributed by atoms with E-state index in [-0.39, 0.29) is 17.8 Å². The van der Waals surface area contributed by atoms with Gasteiger partial charge in [-0.2, -0.15) is 30.7 Å². The number of hydrogen-bond acceptors (Lipinski definition) is 5. The molecule has 0 spiro atoms. The predicted octanol–water partition coefficient (Wildman–Crippen LogP) is 6.61. The molecule has 3 aromatic rings. The van der Waals surface area contributed by atoms with Crippen molar-refractivity contribution in [1.82, 2.24) is 0 Å². The van der Waals surface area contributed by atoms with Gasteiger partial charge in [-0.05, 0) is 60.2 Å². The van der Waals surface area contributed by atoms with Crippen LogP contribution in [0.25, 0.3) is 0 Å². The fraction of sp³-hybridized carbons (Fsp3) is 0.280. The molecule has 0 saturated heterocycles. The molecule has 5 nitrogen and oxygen atoms in total. The Bertz CT molecular complexity index is 1160. The summed E-state index contributed by atoms with van der Waals surface area (Å²) in [5, 5.41) is 12.8. The maximum absolute atomic E-state index is 13.3. The fourth-order valence-corrected chi connectivity index (χ4v) is 3.32. The van der Waals surface area contributed by atoms with Crippen LogP contribution in [0.3, 0.4) is 0 Å². The molecule has 3 aromatic carbocycles. The summed E-state index contributed by atoms with van der Waals surface area (Å²) >= 11 is 0. The van der Waals surface area contributed by atoms with Crippen LogP contribution >= 0.6 is 0 Å². The third-order valence-corrected chi connectivity index (χ3v) is 5.14. The lowest BCUT2D eigenvalue weighted by Gasteiger charge is -2.29. The molecule has 200 valence electrons. The molecule has 0 fully saturated rings. The first-order valence-corrected chi connectivity index (χ1v) is 10.8. The van der Waals surface area contributed by atoms with E-state index in [9.17, 15) is 35.8 Å². The topological polar surface area (TPSA) is 54.0 Å². The van der Waals surface area contributed by atoms with Gasteiger partial charge in [-0.25, -0.2) is 0 Å². The lowest BCUT2D eigenvalue weighted by molar-refractivity contribution is -0.253. The molecule has 0 aliphatic heterocycles. The molecule has 0 heterocycles. The zero-order valence-corrected chi connectivity index (χ0v) is 19.4. The van der Waals surface area contributed by atoms with Crippen molar-refractivity contribution in [2.75, 3.05) is 23.9 Å². The maximum Gasteiger partial charge on any atom is 0.461 e. The molecule has 0 saturated carbocycles. The van der Waals surface area contributed by atoms with Gasteiger partial charge in [-0.3, -0.25) is 0 Å². The van der Waals surface area contributed by atoms with Crippen molar-refractivity contribution in [3.63, 3.8) is 0 Å². The highest BCUT2D eigenvalue weighted by molar-refractivity contribution is 5.65. The highest BCUT2D eigenvalue weighted by Crippen LogP contribution is 2.31. The Morgan fingerprint density at radius 3 is 2.16 bits per heavy atom. The van der Waals surface area contributed by atoms with Crippen LogP contribution in [0.15, 0.2) is 72.8 Å². The van der Waals surface area contributed by atoms with Crippen molar-refractivity contribution in [3.8, 4) is 11.5 Å². The van der Waals surface area contributed by atoms with E-state index in [0.29, 0.717) is 17.1 Å². The number of nitrogens with one attached hydrogen (secondary N) is 1. The summed E-state index contributed by atoms with van der Waals surface area (Å²) in [7, 11) is 1.52. The van der Waals surface area contributed by atoms with E-state index in [1.807, 2.05) is 0 Å². The summed E-state index contributed by atoms with van der Waals surface area (Å²) in [5.41, 5.74) is 1.64. The smallest absolute Gasteiger partial charge is 0.461 e. The SMILES string of the molecule is COc1ccc(Nc2cccc(N(Cc3cccc(OC(F)(F)C(F)F)c3)CC(O)C(F)(F)F)c2)cc1. The van der Waals surface area contributed by atoms with Crippen LogP contribution in [0.1, 0.15) is 5.56 Å². The molecule has 3 rings (SSSR count). The summed E-state index contributed by atoms with van der Waals surface area (Å²) < 4.78 is 100. The van der Waals surface area contributed by atoms with Crippen LogP contribution in [0.4, 0.5) is 47.8 Å². The molecule has 12 heteroatoms. The Hall–Kier alpha value is -3.67. The quantitative estimate of drug-likeness (QED) is 0.273. The molecule has 0 amide bonds. The molecule has 2 N–H and O–H groups in total. The van der Waals surface area contributed by atoms with E-state index in [0.717, 1.165) is 12.1 Å². The van der Waals surface area contributed by atoms with Gasteiger partial charge in [0.05, 0.1) is 13.7 Å². The van der Waals surface area contributed by atoms with Crippen molar-refractivity contribution in [1.29, 1.82) is 0 Å². The normalized spacial score (nSPS) is 12.8. The summed E-state index contributed by atoms with van der Waals surface area (Å²) in [5.74, 6) is 0.0400. The zero-order valence-electron chi connectivity index (χ0n) is 19.4. The average molecular weight is 532 g/mol. The van der Waals surface area contributed by atoms with Crippen LogP contribution in [-0.4, -0.2) is 43.6 Å². The Morgan fingerprint density at radius 2 is 1.54 bits per heavy atom. The molecule has 1 atom stereocenters. The number of nitrogens with zero attached hydrogens (tertiary/aromatic N) is 1. The van der Waals surface area contributed by atoms with Gasteiger partial charge in [-0.1, -0.05) is 18.2 Å². The van der Waals surface area contributed by atoms with Gasteiger partial charge >= 0.3 is 18.7 Å². The van der Waals surface area contributed by atoms with Crippen molar-refractivity contribution < 1.29 is 45.3 Å². The first kappa shape index (κ1) is 27.9. The van der Waals surface area contributed by atoms with Gasteiger partial charge in [0.25, 0.3) is 0 Å². The van der Waals surface area contributed by atoms with Crippen molar-refractivity contribution in [3.05, 3.63) is 78.4 Å². The second-order valence-corrected chi connectivity index (χ2v) is 7.95. The number of aliphatic hydroxyl groups is 1. The summed E-state index contributed by atoms with van der Waals surface area (Å²) in [6, 6.07) is 17.9. The number of anilines is 3. The van der Waals surface area contributed by atoms with E-state index in [4.69, 9.17) is 4.74 Å². The zero-order chi connectivity index (χ0) is 27.2. The lowest BCUT2D eigenvalue weighted by atomic mass is 10.1. The third kappa shape index (κ3) is 7.91. The van der Waals surface area contributed by atoms with Gasteiger partial charge in [-0.15, -0.1) is 0 Å². The monoisotopic (exact) mass is 532 g/mol. The first-order valence-electron chi connectivity index (χ1n) is 10.8. The van der Waals surface area contributed by atoms with Crippen LogP contribution in [0, 0.1) is 0 Å². The van der Waals surface area contributed by atoms with Gasteiger partial charge < -0.3 is 24.8 Å². The summed E-state index contributed by atoms with van der Waals surface area (Å²) in [4.78, 5) is 1.18. The standard InChI is InChI=1S/C25H23F7N2O3/c1-36-20-10-8-17(9-11-20)33-18-5-3-6-19(13-18)34(15-22(35)24(28,29)30)14-16-4-2-7-21(12-16)37-25(31,32)23(26)27/h2-13,22-23,33,35H,14-15H2,1H3. The molecule has 0 aliphatic carbocycles. The van der Waals surface area contributed by atoms with Gasteiger partial charge in [0.2, 0.25) is 0 Å². The minimum atomic E-state index is -4.92. The Labute approximate surface area is 208 Å². The van der Waals surface area contributed by atoms with E-state index in [2.05, 4.69) is 10.1 Å². The summed E-state index contributed by atoms with van der Waals surface area (Å²) in [6.07, 6.45) is -16.4. The van der Waals surface area contributed by atoms with E-state index >= 15 is 0 Å². The first-order chi connectivity index (χ1) is 17.4. The van der Waals surface area contributed by atoms with E-state index in [1.54, 1.807) is 42.5 Å². The van der Waals surface area contributed by atoms with Gasteiger partial charge in [0, 0.05) is 23.6 Å². The lowest BCUT2D eigenvalue weighted by Crippen LogP contribution is -2.41. The predicted molar refractivity (Wildman–Crippen MR) is 124 cm³/mol. The molecule has 0 aliphatic rings. The number of rotatable bonds is 11. The number of ether oxygens (including phenoxy) is 2. The van der Waals surface area contributed by atoms with Gasteiger partial charge in [0.1, 0.15) is 11.5 Å². The maximum atomic E-state index is 13.3. The van der Waals surface area contributed by atoms with Crippen molar-refractivity contribution in [2.45, 2.75) is 31.4 Å². The number of alkyl halides is 7. The Balaban J connectivity index is 1.87. The molecule has 0 bridgehead atoms. The van der Waals surface area contributed by atoms with Crippen molar-refractivity contribution in [2.24, 2.45) is 0 Å². The molecule has 37 heavy (non-hydrogen) atoms. The van der Waals surface area contributed by atoms with Gasteiger partial charge in [0.15, 0.2) is 6.10 Å². The van der Waals surface area contributed by atoms with Crippen LogP contribution in [0.5, 0.6) is 11.5 Å². The number of aliphatic hydroxyl groups excluding tert-OH is 1. The molecular formula is C25H23F7N2O3. The number of benzene rings is 3. The van der Waals surface area contributed by atoms with Crippen molar-refractivity contribution >= 4 is 17.1 Å². The fourth-order valence-electron chi connectivity index (χ4n) is 3.32. The van der Waals surface area contributed by atoms with Crippen LogP contribution in [0.2, 0.25) is 0 Å². The molecule has 0 aromatic heterocycles. The second-order valence-electron chi connectivity index (χ2n) is 7.95. The van der Waals surface area contributed by atoms with Crippen LogP contribution < -0.4 is 19.7 Å². The Kier molecular flexibility index (Phi) is 8.74. The number of methoxy groups -OCH3 is 1. The largest absolute Gasteiger partial charge is 0.497 e. The highest BCUT2D eigenvalue weighted by atomic mass is 19.4. The molecule has 0 radical (unpaired) electrons. The minimum absolute atomic E-state index is 0.186. The Morgan fingerprint density at radius 1 is 0.865 bits per heavy atom. The molecule has 1 unspecified atom stereocenters. The van der Waals surface area contributed by atoms with E-state index < -0.39 is 37.1 Å². The second kappa shape index (κ2) is 11.6. The van der Waals surface area contributed by atoms with E-state index in [1.165, 1.54) is 30.2 Å². The highest BCUT2D eigenvalue weighted by Gasteiger charge is 2.44. The summed E-state index contributed by atoms with van der Waals surface area (Å²) in [6.45, 7) is -1.16. The minimum Gasteiger partial charge on any atom is -0.497 e.